The molecule has 364 valence electrons. The number of fused-ring (bicyclic) bond motifs is 1. The fourth-order valence-electron chi connectivity index (χ4n) is 8.69. The van der Waals surface area contributed by atoms with Gasteiger partial charge in [-0.15, -0.1) is 0 Å². The molecule has 5 amide bonds. The van der Waals surface area contributed by atoms with E-state index in [2.05, 4.69) is 66.1 Å². The van der Waals surface area contributed by atoms with Gasteiger partial charge in [0, 0.05) is 82.8 Å². The number of aryl methyl sites for hydroxylation is 1. The molecule has 69 heavy (non-hydrogen) atoms. The fourth-order valence-corrected chi connectivity index (χ4v) is 8.69. The molecule has 5 aromatic rings. The standard InChI is InChI=1S/C51H62FN11O6/c1-3-33-7-6-8-37(23-33)38-27-44(59-46(65)32-55-29-36-13-20-62(2)47(66)26-36)48(58-30-38)51(69)63-21-14-34(15-22-63)28-53-16-17-54-31-45(64)56-18-19-57-49(67)41-24-35(11-12-42(41)52)25-43-39-9-4-5-10-40(39)50(68)61-60-43/h4-12,23-24,27,30,34,36,53-55H,3,13-22,25-26,28-29,31-32H2,1-2H3,(H,56,64)(H,57,67)(H,59,65)(H,61,68)/t36-/m1/s1. The third kappa shape index (κ3) is 13.9. The van der Waals surface area contributed by atoms with Gasteiger partial charge in [-0.1, -0.05) is 55.5 Å². The van der Waals surface area contributed by atoms with Crippen LogP contribution in [0.3, 0.4) is 0 Å². The van der Waals surface area contributed by atoms with E-state index in [1.54, 1.807) is 47.3 Å². The van der Waals surface area contributed by atoms with Crippen LogP contribution in [-0.2, 0) is 27.2 Å². The maximum Gasteiger partial charge on any atom is 0.274 e. The van der Waals surface area contributed by atoms with Crippen molar-refractivity contribution in [3.05, 3.63) is 123 Å². The molecule has 0 bridgehead atoms. The number of H-pyrrole nitrogens is 1. The molecule has 2 aliphatic rings. The van der Waals surface area contributed by atoms with E-state index in [0.29, 0.717) is 79.3 Å². The van der Waals surface area contributed by atoms with Gasteiger partial charge in [-0.3, -0.25) is 28.8 Å². The van der Waals surface area contributed by atoms with E-state index in [9.17, 15) is 33.2 Å². The average molecular weight is 944 g/mol. The van der Waals surface area contributed by atoms with Gasteiger partial charge in [0.15, 0.2) is 5.69 Å². The van der Waals surface area contributed by atoms with E-state index in [4.69, 9.17) is 0 Å². The van der Waals surface area contributed by atoms with Crippen molar-refractivity contribution in [2.45, 2.75) is 45.4 Å². The number of anilines is 1. The van der Waals surface area contributed by atoms with Crippen LogP contribution in [0.25, 0.3) is 21.9 Å². The highest BCUT2D eigenvalue weighted by Crippen LogP contribution is 2.28. The first-order valence-electron chi connectivity index (χ1n) is 23.8. The van der Waals surface area contributed by atoms with Gasteiger partial charge < -0.3 is 41.7 Å². The second-order valence-corrected chi connectivity index (χ2v) is 17.8. The summed E-state index contributed by atoms with van der Waals surface area (Å²) in [6, 6.07) is 21.3. The Balaban J connectivity index is 0.795. The second-order valence-electron chi connectivity index (χ2n) is 17.8. The number of hydrogen-bond donors (Lipinski definition) is 7. The third-order valence-electron chi connectivity index (χ3n) is 12.8. The van der Waals surface area contributed by atoms with Gasteiger partial charge in [0.25, 0.3) is 17.4 Å². The summed E-state index contributed by atoms with van der Waals surface area (Å²) in [7, 11) is 1.80. The third-order valence-corrected chi connectivity index (χ3v) is 12.8. The summed E-state index contributed by atoms with van der Waals surface area (Å²) in [5, 5.41) is 25.9. The fraction of sp³-hybridized carbons (Fsp3) is 0.412. The van der Waals surface area contributed by atoms with Gasteiger partial charge in [0.2, 0.25) is 17.7 Å². The van der Waals surface area contributed by atoms with Crippen LogP contribution in [0, 0.1) is 17.7 Å². The minimum Gasteiger partial charge on any atom is -0.353 e. The lowest BCUT2D eigenvalue weighted by Gasteiger charge is -2.32. The number of carbonyl (C=O) groups is 5. The highest BCUT2D eigenvalue weighted by atomic mass is 19.1. The normalized spacial score (nSPS) is 15.3. The van der Waals surface area contributed by atoms with E-state index in [-0.39, 0.29) is 79.0 Å². The SMILES string of the molecule is CCc1cccc(-c2cnc(C(=O)N3CCC(CNCCNCC(=O)NCCNC(=O)c4cc(Cc5n[nH]c(=O)c6ccccc56)ccc4F)CC3)c(NC(=O)CNC[C@@H]3CCN(C)C(=O)C3)c2)c1. The van der Waals surface area contributed by atoms with Crippen LogP contribution >= 0.6 is 0 Å². The smallest absolute Gasteiger partial charge is 0.274 e. The summed E-state index contributed by atoms with van der Waals surface area (Å²) >= 11 is 0. The Bertz CT molecular complexity index is 2690. The molecule has 0 saturated carbocycles. The van der Waals surface area contributed by atoms with E-state index < -0.39 is 11.7 Å². The van der Waals surface area contributed by atoms with Gasteiger partial charge in [-0.05, 0) is 91.6 Å². The monoisotopic (exact) mass is 943 g/mol. The molecule has 3 aromatic carbocycles. The first-order valence-corrected chi connectivity index (χ1v) is 23.8. The van der Waals surface area contributed by atoms with Crippen LogP contribution < -0.4 is 37.5 Å². The Labute approximate surface area is 400 Å². The number of aromatic nitrogens is 3. The number of amides is 5. The zero-order valence-corrected chi connectivity index (χ0v) is 39.3. The molecule has 0 radical (unpaired) electrons. The topological polar surface area (TPSA) is 223 Å². The minimum atomic E-state index is -0.677. The van der Waals surface area contributed by atoms with E-state index in [0.717, 1.165) is 48.9 Å². The quantitative estimate of drug-likeness (QED) is 0.0530. The lowest BCUT2D eigenvalue weighted by atomic mass is 9.96. The van der Waals surface area contributed by atoms with Crippen LogP contribution in [0.5, 0.6) is 0 Å². The lowest BCUT2D eigenvalue weighted by molar-refractivity contribution is -0.133. The molecule has 7 rings (SSSR count). The number of nitrogens with one attached hydrogen (secondary N) is 7. The molecular formula is C51H62FN11O6. The van der Waals surface area contributed by atoms with E-state index >= 15 is 0 Å². The van der Waals surface area contributed by atoms with Gasteiger partial charge in [-0.25, -0.2) is 14.5 Å². The van der Waals surface area contributed by atoms with Gasteiger partial charge >= 0.3 is 0 Å². The Hall–Kier alpha value is -6.89. The second kappa shape index (κ2) is 24.4. The maximum absolute atomic E-state index is 14.7. The summed E-state index contributed by atoms with van der Waals surface area (Å²) in [5.74, 6) is -1.44. The molecule has 2 saturated heterocycles. The molecule has 18 heteroatoms. The van der Waals surface area contributed by atoms with Gasteiger partial charge in [0.1, 0.15) is 5.82 Å². The number of rotatable bonds is 21. The number of benzene rings is 3. The number of likely N-dealkylation sites (tertiary alicyclic amines) is 2. The molecule has 7 N–H and O–H groups in total. The first kappa shape index (κ1) is 50.0. The van der Waals surface area contributed by atoms with Crippen LogP contribution in [-0.4, -0.2) is 134 Å². The van der Waals surface area contributed by atoms with E-state index in [1.807, 2.05) is 24.3 Å². The number of carbonyl (C=O) groups excluding carboxylic acids is 5. The molecule has 4 heterocycles. The number of nitrogens with zero attached hydrogens (tertiary/aromatic N) is 4. The van der Waals surface area contributed by atoms with Crippen molar-refractivity contribution in [1.29, 1.82) is 0 Å². The van der Waals surface area contributed by atoms with Crippen molar-refractivity contribution in [2.24, 2.45) is 11.8 Å². The zero-order valence-electron chi connectivity index (χ0n) is 39.3. The number of pyridine rings is 1. The molecule has 0 unspecified atom stereocenters. The predicted octanol–water partition coefficient (Wildman–Crippen LogP) is 3.25. The number of aromatic amines is 1. The Morgan fingerprint density at radius 3 is 2.29 bits per heavy atom. The van der Waals surface area contributed by atoms with Gasteiger partial charge in [-0.2, -0.15) is 5.10 Å². The maximum atomic E-state index is 14.7. The Kier molecular flexibility index (Phi) is 17.7. The summed E-state index contributed by atoms with van der Waals surface area (Å²) < 4.78 is 14.7. The van der Waals surface area contributed by atoms with Crippen LogP contribution in [0.4, 0.5) is 10.1 Å². The summed E-state index contributed by atoms with van der Waals surface area (Å²) in [4.78, 5) is 85.0. The predicted molar refractivity (Wildman–Crippen MR) is 262 cm³/mol. The summed E-state index contributed by atoms with van der Waals surface area (Å²) in [6.45, 7) is 6.75. The largest absolute Gasteiger partial charge is 0.353 e. The molecule has 1 atom stereocenters. The van der Waals surface area contributed by atoms with Crippen molar-refractivity contribution in [1.82, 2.24) is 51.6 Å². The van der Waals surface area contributed by atoms with Crippen molar-refractivity contribution in [2.75, 3.05) is 84.4 Å². The number of hydrogen-bond acceptors (Lipinski definition) is 11. The number of piperidine rings is 2. The minimum absolute atomic E-state index is 0.0357. The molecule has 0 spiro atoms. The summed E-state index contributed by atoms with van der Waals surface area (Å²) in [5.41, 5.74) is 4.26. The van der Waals surface area contributed by atoms with Crippen molar-refractivity contribution < 1.29 is 28.4 Å². The van der Waals surface area contributed by atoms with E-state index in [1.165, 1.54) is 12.1 Å². The average Bonchev–Trinajstić information content (AvgIpc) is 3.36. The summed E-state index contributed by atoms with van der Waals surface area (Å²) in [6.07, 6.45) is 5.75. The van der Waals surface area contributed by atoms with Crippen molar-refractivity contribution >= 4 is 46.0 Å². The molecule has 17 nitrogen and oxygen atoms in total. The number of halogens is 1. The molecule has 2 aliphatic heterocycles. The molecular weight excluding hydrogens is 882 g/mol. The first-order chi connectivity index (χ1) is 33.4. The van der Waals surface area contributed by atoms with Crippen molar-refractivity contribution in [3.8, 4) is 11.1 Å². The Morgan fingerprint density at radius 1 is 0.754 bits per heavy atom. The van der Waals surface area contributed by atoms with Crippen LogP contribution in [0.2, 0.25) is 0 Å². The van der Waals surface area contributed by atoms with Crippen LogP contribution in [0.1, 0.15) is 70.3 Å². The zero-order chi connectivity index (χ0) is 48.7. The molecule has 2 fully saturated rings. The van der Waals surface area contributed by atoms with Crippen LogP contribution in [0.15, 0.2) is 83.8 Å². The highest BCUT2D eigenvalue weighted by Gasteiger charge is 2.28. The lowest BCUT2D eigenvalue weighted by Crippen LogP contribution is -2.43. The molecule has 0 aliphatic carbocycles. The Morgan fingerprint density at radius 2 is 1.49 bits per heavy atom. The highest BCUT2D eigenvalue weighted by molar-refractivity contribution is 6.03. The van der Waals surface area contributed by atoms with Crippen molar-refractivity contribution in [3.63, 3.8) is 0 Å². The molecule has 2 aromatic heterocycles. The van der Waals surface area contributed by atoms with Gasteiger partial charge in [0.05, 0.1) is 35.4 Å².